The standard InChI is InChI=1S/C7H17NO/c1-4-7(2)8(3)5-6-9/h7,9H,4-6H2,1-3H3. The topological polar surface area (TPSA) is 23.5 Å². The van der Waals surface area contributed by atoms with Crippen molar-refractivity contribution in [2.75, 3.05) is 20.2 Å². The monoisotopic (exact) mass is 131 g/mol. The number of hydrogen-bond donors (Lipinski definition) is 1. The molecule has 1 atom stereocenters. The third-order valence-electron chi connectivity index (χ3n) is 1.80. The molecule has 0 aliphatic heterocycles. The Kier molecular flexibility index (Phi) is 4.72. The van der Waals surface area contributed by atoms with E-state index in [1.165, 1.54) is 0 Å². The first kappa shape index (κ1) is 8.92. The Bertz CT molecular complexity index is 65.9. The maximum absolute atomic E-state index is 8.54. The molecular weight excluding hydrogens is 114 g/mol. The molecule has 2 nitrogen and oxygen atoms in total. The van der Waals surface area contributed by atoms with Crippen molar-refractivity contribution in [3.05, 3.63) is 0 Å². The molecule has 0 heterocycles. The van der Waals surface area contributed by atoms with E-state index in [4.69, 9.17) is 5.11 Å². The molecule has 1 N–H and O–H groups in total. The highest BCUT2D eigenvalue weighted by Crippen LogP contribution is 1.97. The summed E-state index contributed by atoms with van der Waals surface area (Å²) in [6.45, 7) is 5.37. The minimum Gasteiger partial charge on any atom is -0.395 e. The Morgan fingerprint density at radius 1 is 1.56 bits per heavy atom. The average molecular weight is 131 g/mol. The Labute approximate surface area is 57.5 Å². The number of nitrogens with zero attached hydrogens (tertiary/aromatic N) is 1. The number of aliphatic hydroxyl groups excluding tert-OH is 1. The third kappa shape index (κ3) is 3.49. The van der Waals surface area contributed by atoms with Gasteiger partial charge < -0.3 is 10.0 Å². The summed E-state index contributed by atoms with van der Waals surface area (Å²) in [4.78, 5) is 2.15. The molecule has 0 amide bonds. The largest absolute Gasteiger partial charge is 0.395 e. The van der Waals surface area contributed by atoms with Gasteiger partial charge in [-0.2, -0.15) is 0 Å². The lowest BCUT2D eigenvalue weighted by Gasteiger charge is -2.21. The zero-order valence-electron chi connectivity index (χ0n) is 6.59. The molecule has 0 aromatic carbocycles. The maximum atomic E-state index is 8.54. The molecule has 0 aliphatic rings. The molecule has 9 heavy (non-hydrogen) atoms. The number of likely N-dealkylation sites (N-methyl/N-ethyl adjacent to an activating group) is 1. The van der Waals surface area contributed by atoms with Gasteiger partial charge in [0.05, 0.1) is 6.61 Å². The van der Waals surface area contributed by atoms with Gasteiger partial charge in [0.2, 0.25) is 0 Å². The van der Waals surface area contributed by atoms with Crippen molar-refractivity contribution in [2.45, 2.75) is 26.3 Å². The normalized spacial score (nSPS) is 14.3. The molecular formula is C7H17NO. The van der Waals surface area contributed by atoms with Gasteiger partial charge in [0, 0.05) is 12.6 Å². The summed E-state index contributed by atoms with van der Waals surface area (Å²) in [6.07, 6.45) is 1.15. The number of hydrogen-bond acceptors (Lipinski definition) is 2. The van der Waals surface area contributed by atoms with Gasteiger partial charge >= 0.3 is 0 Å². The van der Waals surface area contributed by atoms with E-state index in [2.05, 4.69) is 18.7 Å². The molecule has 0 aliphatic carbocycles. The van der Waals surface area contributed by atoms with Crippen LogP contribution >= 0.6 is 0 Å². The molecule has 0 bridgehead atoms. The van der Waals surface area contributed by atoms with E-state index in [1.807, 2.05) is 7.05 Å². The predicted octanol–water partition coefficient (Wildman–Crippen LogP) is 0.709. The summed E-state index contributed by atoms with van der Waals surface area (Å²) in [5.41, 5.74) is 0. The van der Waals surface area contributed by atoms with Crippen LogP contribution in [0.1, 0.15) is 20.3 Å². The number of rotatable bonds is 4. The first-order chi connectivity index (χ1) is 4.22. The van der Waals surface area contributed by atoms with Crippen LogP contribution in [-0.4, -0.2) is 36.2 Å². The lowest BCUT2D eigenvalue weighted by atomic mass is 10.2. The summed E-state index contributed by atoms with van der Waals surface area (Å²) in [5, 5.41) is 8.54. The van der Waals surface area contributed by atoms with Gasteiger partial charge in [-0.25, -0.2) is 0 Å². The first-order valence-corrected chi connectivity index (χ1v) is 3.53. The summed E-state index contributed by atoms with van der Waals surface area (Å²) in [6, 6.07) is 0.595. The van der Waals surface area contributed by atoms with Crippen molar-refractivity contribution >= 4 is 0 Å². The van der Waals surface area contributed by atoms with E-state index >= 15 is 0 Å². The molecule has 0 rings (SSSR count). The van der Waals surface area contributed by atoms with Gasteiger partial charge in [0.25, 0.3) is 0 Å². The second-order valence-electron chi connectivity index (χ2n) is 2.46. The fourth-order valence-corrected chi connectivity index (χ4v) is 0.690. The number of aliphatic hydroxyl groups is 1. The first-order valence-electron chi connectivity index (χ1n) is 3.53. The minimum atomic E-state index is 0.265. The van der Waals surface area contributed by atoms with Crippen LogP contribution in [-0.2, 0) is 0 Å². The molecule has 0 aromatic heterocycles. The van der Waals surface area contributed by atoms with Crippen molar-refractivity contribution in [1.82, 2.24) is 4.90 Å². The van der Waals surface area contributed by atoms with E-state index in [9.17, 15) is 0 Å². The summed E-state index contributed by atoms with van der Waals surface area (Å²) >= 11 is 0. The fraction of sp³-hybridized carbons (Fsp3) is 1.00. The quantitative estimate of drug-likeness (QED) is 0.607. The van der Waals surface area contributed by atoms with Crippen molar-refractivity contribution in [1.29, 1.82) is 0 Å². The second kappa shape index (κ2) is 4.77. The molecule has 0 aromatic rings. The van der Waals surface area contributed by atoms with Crippen LogP contribution in [0, 0.1) is 0 Å². The molecule has 0 saturated heterocycles. The summed E-state index contributed by atoms with van der Waals surface area (Å²) in [7, 11) is 2.03. The molecule has 0 fully saturated rings. The van der Waals surface area contributed by atoms with Gasteiger partial charge in [-0.15, -0.1) is 0 Å². The van der Waals surface area contributed by atoms with E-state index in [-0.39, 0.29) is 6.61 Å². The summed E-state index contributed by atoms with van der Waals surface area (Å²) in [5.74, 6) is 0. The fourth-order valence-electron chi connectivity index (χ4n) is 0.690. The van der Waals surface area contributed by atoms with E-state index in [1.54, 1.807) is 0 Å². The SMILES string of the molecule is CCC(C)N(C)CCO. The third-order valence-corrected chi connectivity index (χ3v) is 1.80. The van der Waals surface area contributed by atoms with Crippen molar-refractivity contribution in [2.24, 2.45) is 0 Å². The molecule has 1 unspecified atom stereocenters. The zero-order chi connectivity index (χ0) is 7.28. The molecule has 0 radical (unpaired) electrons. The highest BCUT2D eigenvalue weighted by molar-refractivity contribution is 4.58. The van der Waals surface area contributed by atoms with E-state index in [0.717, 1.165) is 13.0 Å². The average Bonchev–Trinajstić information content (AvgIpc) is 1.87. The Morgan fingerprint density at radius 3 is 2.44 bits per heavy atom. The predicted molar refractivity (Wildman–Crippen MR) is 39.5 cm³/mol. The van der Waals surface area contributed by atoms with Crippen LogP contribution in [0.2, 0.25) is 0 Å². The summed E-state index contributed by atoms with van der Waals surface area (Å²) < 4.78 is 0. The van der Waals surface area contributed by atoms with Crippen molar-refractivity contribution < 1.29 is 5.11 Å². The van der Waals surface area contributed by atoms with Crippen LogP contribution in [0.25, 0.3) is 0 Å². The van der Waals surface area contributed by atoms with E-state index in [0.29, 0.717) is 6.04 Å². The molecule has 2 heteroatoms. The van der Waals surface area contributed by atoms with Crippen LogP contribution < -0.4 is 0 Å². The lowest BCUT2D eigenvalue weighted by Crippen LogP contribution is -2.30. The van der Waals surface area contributed by atoms with Crippen molar-refractivity contribution in [3.8, 4) is 0 Å². The van der Waals surface area contributed by atoms with Crippen molar-refractivity contribution in [3.63, 3.8) is 0 Å². The highest BCUT2D eigenvalue weighted by Gasteiger charge is 2.03. The highest BCUT2D eigenvalue weighted by atomic mass is 16.3. The Hall–Kier alpha value is -0.0800. The molecule has 0 saturated carbocycles. The van der Waals surface area contributed by atoms with Crippen LogP contribution in [0.4, 0.5) is 0 Å². The lowest BCUT2D eigenvalue weighted by molar-refractivity contribution is 0.185. The smallest absolute Gasteiger partial charge is 0.0558 e. The maximum Gasteiger partial charge on any atom is 0.0558 e. The van der Waals surface area contributed by atoms with Gasteiger partial charge in [0.15, 0.2) is 0 Å². The van der Waals surface area contributed by atoms with Crippen LogP contribution in [0.5, 0.6) is 0 Å². The van der Waals surface area contributed by atoms with Gasteiger partial charge in [-0.1, -0.05) is 6.92 Å². The minimum absolute atomic E-state index is 0.265. The van der Waals surface area contributed by atoms with E-state index < -0.39 is 0 Å². The Balaban J connectivity index is 3.32. The molecule has 56 valence electrons. The zero-order valence-corrected chi connectivity index (χ0v) is 6.59. The van der Waals surface area contributed by atoms with Gasteiger partial charge in [-0.05, 0) is 20.4 Å². The van der Waals surface area contributed by atoms with Gasteiger partial charge in [-0.3, -0.25) is 0 Å². The van der Waals surface area contributed by atoms with Crippen LogP contribution in [0.15, 0.2) is 0 Å². The van der Waals surface area contributed by atoms with Crippen LogP contribution in [0.3, 0.4) is 0 Å². The Morgan fingerprint density at radius 2 is 2.11 bits per heavy atom. The van der Waals surface area contributed by atoms with Gasteiger partial charge in [0.1, 0.15) is 0 Å². The molecule has 0 spiro atoms. The second-order valence-corrected chi connectivity index (χ2v) is 2.46.